The van der Waals surface area contributed by atoms with Gasteiger partial charge in [0.25, 0.3) is 0 Å². The van der Waals surface area contributed by atoms with Gasteiger partial charge in [-0.05, 0) is 33.1 Å². The lowest BCUT2D eigenvalue weighted by atomic mass is 9.97. The van der Waals surface area contributed by atoms with Gasteiger partial charge in [-0.15, -0.1) is 24.2 Å². The van der Waals surface area contributed by atoms with E-state index in [4.69, 9.17) is 11.6 Å². The first kappa shape index (κ1) is 16.9. The molecule has 0 heterocycles. The van der Waals surface area contributed by atoms with Gasteiger partial charge in [0, 0.05) is 11.3 Å². The highest BCUT2D eigenvalue weighted by Crippen LogP contribution is 2.24. The van der Waals surface area contributed by atoms with Gasteiger partial charge in [-0.25, -0.2) is 0 Å². The highest BCUT2D eigenvalue weighted by atomic mass is 35.5. The number of carbonyl (C=O) groups is 1. The Balaban J connectivity index is 4.34. The van der Waals surface area contributed by atoms with Gasteiger partial charge < -0.3 is 5.32 Å². The van der Waals surface area contributed by atoms with Gasteiger partial charge >= 0.3 is 0 Å². The molecule has 1 amide bonds. The minimum absolute atomic E-state index is 0.00234. The molecule has 0 rings (SSSR count). The maximum Gasteiger partial charge on any atom is 0.221 e. The predicted octanol–water partition coefficient (Wildman–Crippen LogP) is 3.76. The van der Waals surface area contributed by atoms with E-state index in [1.54, 1.807) is 0 Å². The maximum absolute atomic E-state index is 11.3. The molecule has 100 valence electrons. The molecule has 0 spiro atoms. The second kappa shape index (κ2) is 6.69. The Bertz CT molecular complexity index is 282. The van der Waals surface area contributed by atoms with Crippen molar-refractivity contribution in [2.75, 3.05) is 0 Å². The Kier molecular flexibility index (Phi) is 6.64. The Morgan fingerprint density at radius 3 is 2.41 bits per heavy atom. The smallest absolute Gasteiger partial charge is 0.221 e. The lowest BCUT2D eigenvalue weighted by molar-refractivity contribution is -0.121. The molecule has 0 fully saturated rings. The van der Waals surface area contributed by atoms with Crippen LogP contribution in [0, 0.1) is 5.92 Å². The monoisotopic (exact) mass is 277 g/mol. The van der Waals surface area contributed by atoms with Crippen molar-refractivity contribution in [2.24, 2.45) is 5.92 Å². The van der Waals surface area contributed by atoms with Crippen molar-refractivity contribution < 1.29 is 4.79 Å². The highest BCUT2D eigenvalue weighted by Gasteiger charge is 2.19. The van der Waals surface area contributed by atoms with Crippen molar-refractivity contribution in [1.82, 2.24) is 5.32 Å². The van der Waals surface area contributed by atoms with Crippen LogP contribution in [0.15, 0.2) is 12.2 Å². The predicted molar refractivity (Wildman–Crippen MR) is 78.7 cm³/mol. The number of carbonyl (C=O) groups excluding carboxylic acids is 1. The number of rotatable bonds is 6. The summed E-state index contributed by atoms with van der Waals surface area (Å²) >= 11 is 10.6. The van der Waals surface area contributed by atoms with Crippen molar-refractivity contribution in [1.29, 1.82) is 0 Å². The van der Waals surface area contributed by atoms with Crippen LogP contribution in [-0.2, 0) is 4.79 Å². The summed E-state index contributed by atoms with van der Waals surface area (Å²) < 4.78 is 0. The molecule has 2 unspecified atom stereocenters. The summed E-state index contributed by atoms with van der Waals surface area (Å²) in [4.78, 5) is 10.5. The first-order valence-corrected chi connectivity index (χ1v) is 6.80. The SMILES string of the molecule is CCC(=O)NC(C)(S)/C=C\C(C)CC(C)(C)Cl. The molecule has 0 radical (unpaired) electrons. The van der Waals surface area contributed by atoms with Crippen molar-refractivity contribution in [3.63, 3.8) is 0 Å². The summed E-state index contributed by atoms with van der Waals surface area (Å²) in [6, 6.07) is 0. The van der Waals surface area contributed by atoms with Crippen LogP contribution < -0.4 is 5.32 Å². The quantitative estimate of drug-likeness (QED) is 0.329. The fraction of sp³-hybridized carbons (Fsp3) is 0.769. The van der Waals surface area contributed by atoms with Gasteiger partial charge in [-0.2, -0.15) is 0 Å². The number of nitrogens with one attached hydrogen (secondary N) is 1. The van der Waals surface area contributed by atoms with Gasteiger partial charge in [0.15, 0.2) is 0 Å². The van der Waals surface area contributed by atoms with Crippen LogP contribution >= 0.6 is 24.2 Å². The third kappa shape index (κ3) is 9.54. The third-order valence-electron chi connectivity index (χ3n) is 2.27. The second-order valence-corrected chi connectivity index (χ2v) is 7.26. The molecular weight excluding hydrogens is 254 g/mol. The Morgan fingerprint density at radius 1 is 1.47 bits per heavy atom. The van der Waals surface area contributed by atoms with E-state index in [9.17, 15) is 4.79 Å². The van der Waals surface area contributed by atoms with Gasteiger partial charge in [-0.3, -0.25) is 4.79 Å². The van der Waals surface area contributed by atoms with Crippen LogP contribution in [0.3, 0.4) is 0 Å². The summed E-state index contributed by atoms with van der Waals surface area (Å²) in [5.74, 6) is 0.352. The molecule has 0 aromatic heterocycles. The zero-order chi connectivity index (χ0) is 13.7. The van der Waals surface area contributed by atoms with E-state index >= 15 is 0 Å². The van der Waals surface area contributed by atoms with E-state index < -0.39 is 4.87 Å². The molecule has 0 aliphatic heterocycles. The highest BCUT2D eigenvalue weighted by molar-refractivity contribution is 7.82. The zero-order valence-corrected chi connectivity index (χ0v) is 13.0. The maximum atomic E-state index is 11.3. The van der Waals surface area contributed by atoms with Gasteiger partial charge in [0.05, 0.1) is 4.87 Å². The summed E-state index contributed by atoms with van der Waals surface area (Å²) in [6.07, 6.45) is 5.31. The van der Waals surface area contributed by atoms with Gasteiger partial charge in [0.1, 0.15) is 0 Å². The molecule has 2 atom stereocenters. The standard InChI is InChI=1S/C13H24ClNOS/c1-6-11(16)15-13(5,17)8-7-10(2)9-12(3,4)14/h7-8,10,17H,6,9H2,1-5H3,(H,15,16)/b8-7-. The molecule has 0 aromatic carbocycles. The zero-order valence-electron chi connectivity index (χ0n) is 11.4. The third-order valence-corrected chi connectivity index (χ3v) is 2.69. The molecule has 4 heteroatoms. The van der Waals surface area contributed by atoms with Crippen LogP contribution in [0.5, 0.6) is 0 Å². The number of hydrogen-bond acceptors (Lipinski definition) is 2. The molecule has 0 saturated carbocycles. The minimum atomic E-state index is -0.599. The number of amides is 1. The number of allylic oxidation sites excluding steroid dienone is 1. The Morgan fingerprint density at radius 2 is 2.00 bits per heavy atom. The van der Waals surface area contributed by atoms with Crippen LogP contribution in [0.25, 0.3) is 0 Å². The number of halogens is 1. The average Bonchev–Trinajstić information content (AvgIpc) is 2.11. The van der Waals surface area contributed by atoms with Crippen molar-refractivity contribution >= 4 is 30.1 Å². The van der Waals surface area contributed by atoms with E-state index in [2.05, 4.69) is 24.9 Å². The average molecular weight is 278 g/mol. The summed E-state index contributed by atoms with van der Waals surface area (Å²) in [7, 11) is 0. The van der Waals surface area contributed by atoms with E-state index in [1.165, 1.54) is 0 Å². The van der Waals surface area contributed by atoms with Crippen LogP contribution in [0.2, 0.25) is 0 Å². The summed E-state index contributed by atoms with van der Waals surface area (Å²) in [6.45, 7) is 9.78. The lowest BCUT2D eigenvalue weighted by Crippen LogP contribution is -2.39. The second-order valence-electron chi connectivity index (χ2n) is 5.31. The van der Waals surface area contributed by atoms with E-state index in [-0.39, 0.29) is 10.8 Å². The largest absolute Gasteiger partial charge is 0.339 e. The molecule has 17 heavy (non-hydrogen) atoms. The minimum Gasteiger partial charge on any atom is -0.339 e. The molecule has 2 nitrogen and oxygen atoms in total. The number of alkyl halides is 1. The van der Waals surface area contributed by atoms with Gasteiger partial charge in [-0.1, -0.05) is 26.0 Å². The molecule has 0 saturated heterocycles. The normalized spacial score (nSPS) is 17.8. The number of thiol groups is 1. The topological polar surface area (TPSA) is 29.1 Å². The van der Waals surface area contributed by atoms with Crippen LogP contribution in [-0.4, -0.2) is 15.7 Å². The molecule has 0 aliphatic rings. The van der Waals surface area contributed by atoms with Gasteiger partial charge in [0.2, 0.25) is 5.91 Å². The summed E-state index contributed by atoms with van der Waals surface area (Å²) in [5.41, 5.74) is 0. The van der Waals surface area contributed by atoms with Crippen molar-refractivity contribution in [2.45, 2.75) is 57.2 Å². The number of hydrogen-bond donors (Lipinski definition) is 2. The van der Waals surface area contributed by atoms with Crippen LogP contribution in [0.1, 0.15) is 47.5 Å². The van der Waals surface area contributed by atoms with Crippen LogP contribution in [0.4, 0.5) is 0 Å². The van der Waals surface area contributed by atoms with E-state index in [1.807, 2.05) is 39.8 Å². The fourth-order valence-corrected chi connectivity index (χ4v) is 2.05. The Labute approximate surface area is 116 Å². The molecule has 0 bridgehead atoms. The molecule has 0 aromatic rings. The van der Waals surface area contributed by atoms with Crippen molar-refractivity contribution in [3.05, 3.63) is 12.2 Å². The van der Waals surface area contributed by atoms with E-state index in [0.29, 0.717) is 12.3 Å². The first-order valence-electron chi connectivity index (χ1n) is 5.97. The lowest BCUT2D eigenvalue weighted by Gasteiger charge is -2.23. The van der Waals surface area contributed by atoms with E-state index in [0.717, 1.165) is 6.42 Å². The molecule has 0 aliphatic carbocycles. The molecule has 1 N–H and O–H groups in total. The first-order chi connectivity index (χ1) is 7.56. The summed E-state index contributed by atoms with van der Waals surface area (Å²) in [5, 5.41) is 2.83. The van der Waals surface area contributed by atoms with Crippen molar-refractivity contribution in [3.8, 4) is 0 Å². The Hall–Kier alpha value is -0.150. The molecular formula is C13H24ClNOS. The fourth-order valence-electron chi connectivity index (χ4n) is 1.60.